The van der Waals surface area contributed by atoms with Crippen LogP contribution in [0.1, 0.15) is 59.4 Å². The number of aliphatic hydroxyl groups excluding tert-OH is 3. The van der Waals surface area contributed by atoms with Crippen LogP contribution in [0.2, 0.25) is 0 Å². The van der Waals surface area contributed by atoms with Crippen molar-refractivity contribution in [1.29, 1.82) is 0 Å². The van der Waals surface area contributed by atoms with Gasteiger partial charge in [-0.25, -0.2) is 0 Å². The summed E-state index contributed by atoms with van der Waals surface area (Å²) < 4.78 is 0. The summed E-state index contributed by atoms with van der Waals surface area (Å²) in [7, 11) is 0. The van der Waals surface area contributed by atoms with E-state index in [1.807, 2.05) is 39.0 Å². The minimum Gasteiger partial charge on any atom is -0.396 e. The molecule has 1 aromatic carbocycles. The fourth-order valence-electron chi connectivity index (χ4n) is 0.889. The Kier molecular flexibility index (Phi) is 32.1. The maximum atomic E-state index is 7.88. The molecule has 0 saturated heterocycles. The van der Waals surface area contributed by atoms with Crippen molar-refractivity contribution in [2.24, 2.45) is 0 Å². The maximum absolute atomic E-state index is 7.88. The second-order valence-corrected chi connectivity index (χ2v) is 5.42. The van der Waals surface area contributed by atoms with Gasteiger partial charge in [0, 0.05) is 41.5 Å². The molecule has 0 aliphatic rings. The van der Waals surface area contributed by atoms with Gasteiger partial charge in [-0.05, 0) is 19.3 Å². The predicted octanol–water partition coefficient (Wildman–Crippen LogP) is 3.96. The van der Waals surface area contributed by atoms with Gasteiger partial charge >= 0.3 is 0 Å². The van der Waals surface area contributed by atoms with Crippen LogP contribution in [0.4, 0.5) is 0 Å². The summed E-state index contributed by atoms with van der Waals surface area (Å²) in [5.41, 5.74) is 1.33. The van der Waals surface area contributed by atoms with Crippen LogP contribution in [-0.2, 0) is 27.1 Å². The van der Waals surface area contributed by atoms with Crippen molar-refractivity contribution in [1.82, 2.24) is 0 Å². The molecule has 3 nitrogen and oxygen atoms in total. The molecule has 0 heterocycles. The van der Waals surface area contributed by atoms with E-state index in [-0.39, 0.29) is 27.1 Å². The Balaban J connectivity index is -0.000000118. The second kappa shape index (κ2) is 24.1. The third-order valence-electron chi connectivity index (χ3n) is 2.23. The SMILES string of the molecule is CCCO.CCCO.CCCO.[CH2-]C(C)(C)c1ccccc1.[Ti]. The molecule has 0 amide bonds. The summed E-state index contributed by atoms with van der Waals surface area (Å²) in [5, 5.41) is 23.6. The molecule has 0 fully saturated rings. The molecule has 0 spiro atoms. The summed E-state index contributed by atoms with van der Waals surface area (Å²) in [6.07, 6.45) is 2.62. The summed E-state index contributed by atoms with van der Waals surface area (Å²) in [6, 6.07) is 10.3. The molecule has 0 radical (unpaired) electrons. The summed E-state index contributed by atoms with van der Waals surface area (Å²) in [4.78, 5) is 0. The molecular weight excluding hydrogens is 324 g/mol. The molecule has 4 heteroatoms. The average molecular weight is 361 g/mol. The Morgan fingerprint density at radius 2 is 1.04 bits per heavy atom. The molecule has 1 rings (SSSR count). The number of hydrogen-bond donors (Lipinski definition) is 3. The van der Waals surface area contributed by atoms with Gasteiger partial charge in [-0.1, -0.05) is 70.5 Å². The molecule has 1 aromatic rings. The maximum Gasteiger partial charge on any atom is 0.0428 e. The largest absolute Gasteiger partial charge is 0.396 e. The molecule has 0 atom stereocenters. The number of rotatable bonds is 4. The Labute approximate surface area is 159 Å². The second-order valence-electron chi connectivity index (χ2n) is 5.42. The number of aliphatic hydroxyl groups is 3. The van der Waals surface area contributed by atoms with Crippen molar-refractivity contribution in [3.8, 4) is 0 Å². The molecule has 0 aliphatic carbocycles. The first-order valence-electron chi connectivity index (χ1n) is 8.08. The van der Waals surface area contributed by atoms with Crippen LogP contribution < -0.4 is 0 Å². The van der Waals surface area contributed by atoms with Gasteiger partial charge in [0.2, 0.25) is 0 Å². The fourth-order valence-corrected chi connectivity index (χ4v) is 0.889. The van der Waals surface area contributed by atoms with Gasteiger partial charge < -0.3 is 22.2 Å². The first-order chi connectivity index (χ1) is 10.3. The van der Waals surface area contributed by atoms with Crippen molar-refractivity contribution in [2.75, 3.05) is 19.8 Å². The van der Waals surface area contributed by atoms with Crippen molar-refractivity contribution >= 4 is 0 Å². The van der Waals surface area contributed by atoms with Crippen LogP contribution in [0.15, 0.2) is 30.3 Å². The predicted molar refractivity (Wildman–Crippen MR) is 97.0 cm³/mol. The van der Waals surface area contributed by atoms with Crippen LogP contribution in [-0.4, -0.2) is 35.1 Å². The van der Waals surface area contributed by atoms with E-state index in [9.17, 15) is 0 Å². The van der Waals surface area contributed by atoms with E-state index in [4.69, 9.17) is 15.3 Å². The van der Waals surface area contributed by atoms with Gasteiger partial charge in [-0.3, -0.25) is 0 Å². The van der Waals surface area contributed by atoms with E-state index >= 15 is 0 Å². The molecule has 0 aliphatic heterocycles. The molecular formula is C19H37O3Ti-. The molecule has 0 unspecified atom stereocenters. The molecule has 0 saturated carbocycles. The third kappa shape index (κ3) is 30.3. The Morgan fingerprint density at radius 1 is 0.783 bits per heavy atom. The number of benzene rings is 1. The summed E-state index contributed by atoms with van der Waals surface area (Å²) in [5.74, 6) is 0. The monoisotopic (exact) mass is 361 g/mol. The van der Waals surface area contributed by atoms with E-state index in [2.05, 4.69) is 32.9 Å². The third-order valence-corrected chi connectivity index (χ3v) is 2.23. The Bertz CT molecular complexity index is 269. The van der Waals surface area contributed by atoms with E-state index in [1.54, 1.807) is 0 Å². The summed E-state index contributed by atoms with van der Waals surface area (Å²) >= 11 is 0. The smallest absolute Gasteiger partial charge is 0.0428 e. The van der Waals surface area contributed by atoms with Gasteiger partial charge in [0.25, 0.3) is 0 Å². The molecule has 3 N–H and O–H groups in total. The van der Waals surface area contributed by atoms with Crippen LogP contribution in [0, 0.1) is 6.92 Å². The van der Waals surface area contributed by atoms with E-state index in [1.165, 1.54) is 5.56 Å². The van der Waals surface area contributed by atoms with Gasteiger partial charge in [-0.2, -0.15) is 0 Å². The zero-order valence-electron chi connectivity index (χ0n) is 15.7. The van der Waals surface area contributed by atoms with Crippen molar-refractivity contribution in [3.05, 3.63) is 42.8 Å². The van der Waals surface area contributed by atoms with Crippen LogP contribution in [0.5, 0.6) is 0 Å². The van der Waals surface area contributed by atoms with Crippen molar-refractivity contribution in [3.63, 3.8) is 0 Å². The van der Waals surface area contributed by atoms with Crippen LogP contribution >= 0.6 is 0 Å². The first kappa shape index (κ1) is 30.7. The van der Waals surface area contributed by atoms with E-state index < -0.39 is 0 Å². The summed E-state index contributed by atoms with van der Waals surface area (Å²) in [6.45, 7) is 15.0. The minimum absolute atomic E-state index is 0. The fraction of sp³-hybridized carbons (Fsp3) is 0.632. The average Bonchev–Trinajstić information content (AvgIpc) is 2.55. The van der Waals surface area contributed by atoms with Gasteiger partial charge in [0.05, 0.1) is 0 Å². The Hall–Kier alpha value is -0.186. The molecule has 0 bridgehead atoms. The first-order valence-corrected chi connectivity index (χ1v) is 8.08. The standard InChI is InChI=1S/C10H13.3C3H8O.Ti/c1-10(2,3)9-7-5-4-6-8-9;3*1-2-3-4;/h4-8H,1H2,2-3H3;3*4H,2-3H2,1H3;/q-1;;;;. The molecule has 23 heavy (non-hydrogen) atoms. The van der Waals surface area contributed by atoms with Gasteiger partial charge in [0.15, 0.2) is 0 Å². The van der Waals surface area contributed by atoms with Gasteiger partial charge in [-0.15, -0.1) is 5.41 Å². The minimum atomic E-state index is 0. The van der Waals surface area contributed by atoms with E-state index in [0.29, 0.717) is 19.8 Å². The Morgan fingerprint density at radius 3 is 1.17 bits per heavy atom. The van der Waals surface area contributed by atoms with Crippen LogP contribution in [0.3, 0.4) is 0 Å². The number of hydrogen-bond acceptors (Lipinski definition) is 3. The van der Waals surface area contributed by atoms with Crippen molar-refractivity contribution < 1.29 is 37.0 Å². The zero-order valence-corrected chi connectivity index (χ0v) is 17.2. The normalized spacial score (nSPS) is 8.91. The quantitative estimate of drug-likeness (QED) is 0.562. The van der Waals surface area contributed by atoms with E-state index in [0.717, 1.165) is 19.3 Å². The van der Waals surface area contributed by atoms with Crippen molar-refractivity contribution in [2.45, 2.75) is 59.3 Å². The van der Waals surface area contributed by atoms with Crippen LogP contribution in [0.25, 0.3) is 0 Å². The molecule has 0 aromatic heterocycles. The zero-order chi connectivity index (χ0) is 17.9. The van der Waals surface area contributed by atoms with Gasteiger partial charge in [0.1, 0.15) is 0 Å². The molecule has 136 valence electrons. The topological polar surface area (TPSA) is 60.7 Å².